The quantitative estimate of drug-likeness (QED) is 0.811. The lowest BCUT2D eigenvalue weighted by Crippen LogP contribution is -2.51. The van der Waals surface area contributed by atoms with Crippen molar-refractivity contribution in [2.24, 2.45) is 5.92 Å². The summed E-state index contributed by atoms with van der Waals surface area (Å²) in [6.45, 7) is 10.7. The predicted octanol–water partition coefficient (Wildman–Crippen LogP) is 3.19. The zero-order valence-electron chi connectivity index (χ0n) is 15.7. The lowest BCUT2D eigenvalue weighted by atomic mass is 9.89. The number of hydrogen-bond acceptors (Lipinski definition) is 3. The molecule has 2 heterocycles. The first-order valence-corrected chi connectivity index (χ1v) is 9.69. The van der Waals surface area contributed by atoms with E-state index >= 15 is 0 Å². The minimum absolute atomic E-state index is 0.173. The maximum Gasteiger partial charge on any atom is 0.123 e. The minimum Gasteiger partial charge on any atom is -0.304 e. The molecule has 0 aromatic heterocycles. The van der Waals surface area contributed by atoms with Crippen LogP contribution in [0.25, 0.3) is 6.08 Å². The standard InChI is InChI=1S/C21H32FN3/c1-18(25-16-14-23(2)15-17-25)20-9-12-24(13-10-20)11-3-4-19-5-7-21(22)8-6-19/h3-8,18,20H,9-17H2,1-2H3/b4-3+. The largest absolute Gasteiger partial charge is 0.304 e. The Morgan fingerprint density at radius 3 is 2.32 bits per heavy atom. The van der Waals surface area contributed by atoms with Crippen molar-refractivity contribution in [1.29, 1.82) is 0 Å². The Hall–Kier alpha value is -1.23. The Bertz CT molecular complexity index is 541. The van der Waals surface area contributed by atoms with Crippen molar-refractivity contribution in [3.8, 4) is 0 Å². The average molecular weight is 346 g/mol. The number of likely N-dealkylation sites (tertiary alicyclic amines) is 1. The Morgan fingerprint density at radius 2 is 1.68 bits per heavy atom. The Balaban J connectivity index is 1.40. The molecule has 2 saturated heterocycles. The van der Waals surface area contributed by atoms with Crippen molar-refractivity contribution in [1.82, 2.24) is 14.7 Å². The third-order valence-electron chi connectivity index (χ3n) is 5.97. The fraction of sp³-hybridized carbons (Fsp3) is 0.619. The summed E-state index contributed by atoms with van der Waals surface area (Å²) in [5.74, 6) is 0.662. The number of piperidine rings is 1. The number of halogens is 1. The molecule has 0 spiro atoms. The van der Waals surface area contributed by atoms with Crippen LogP contribution >= 0.6 is 0 Å². The van der Waals surface area contributed by atoms with Gasteiger partial charge in [-0.15, -0.1) is 0 Å². The monoisotopic (exact) mass is 345 g/mol. The number of nitrogens with zero attached hydrogens (tertiary/aromatic N) is 3. The highest BCUT2D eigenvalue weighted by atomic mass is 19.1. The minimum atomic E-state index is -0.173. The van der Waals surface area contributed by atoms with Crippen molar-refractivity contribution >= 4 is 6.08 Å². The Morgan fingerprint density at radius 1 is 1.04 bits per heavy atom. The Labute approximate surface area is 152 Å². The zero-order valence-corrected chi connectivity index (χ0v) is 15.7. The van der Waals surface area contributed by atoms with E-state index in [0.29, 0.717) is 6.04 Å². The number of hydrogen-bond donors (Lipinski definition) is 0. The molecule has 1 unspecified atom stereocenters. The fourth-order valence-electron chi connectivity index (χ4n) is 4.06. The first kappa shape index (κ1) is 18.6. The van der Waals surface area contributed by atoms with Crippen molar-refractivity contribution in [2.45, 2.75) is 25.8 Å². The van der Waals surface area contributed by atoms with Crippen molar-refractivity contribution < 1.29 is 4.39 Å². The van der Waals surface area contributed by atoms with Gasteiger partial charge in [-0.3, -0.25) is 9.80 Å². The molecule has 0 radical (unpaired) electrons. The molecule has 0 N–H and O–H groups in total. The van der Waals surface area contributed by atoms with E-state index in [4.69, 9.17) is 0 Å². The number of benzene rings is 1. The molecule has 1 aromatic carbocycles. The molecule has 0 aliphatic carbocycles. The molecule has 4 heteroatoms. The summed E-state index contributed by atoms with van der Waals surface area (Å²) in [5, 5.41) is 0. The second-order valence-electron chi connectivity index (χ2n) is 7.67. The van der Waals surface area contributed by atoms with Crippen molar-refractivity contribution in [3.05, 3.63) is 41.7 Å². The topological polar surface area (TPSA) is 9.72 Å². The maximum absolute atomic E-state index is 12.9. The van der Waals surface area contributed by atoms with Crippen molar-refractivity contribution in [3.63, 3.8) is 0 Å². The van der Waals surface area contributed by atoms with E-state index in [1.54, 1.807) is 0 Å². The van der Waals surface area contributed by atoms with E-state index < -0.39 is 0 Å². The van der Waals surface area contributed by atoms with Crippen LogP contribution in [-0.4, -0.2) is 73.6 Å². The SMILES string of the molecule is CC(C1CCN(C/C=C/c2ccc(F)cc2)CC1)N1CCN(C)CC1. The number of rotatable bonds is 5. The summed E-state index contributed by atoms with van der Waals surface area (Å²) in [6, 6.07) is 7.41. The van der Waals surface area contributed by atoms with Crippen molar-refractivity contribution in [2.75, 3.05) is 52.9 Å². The second-order valence-corrected chi connectivity index (χ2v) is 7.67. The summed E-state index contributed by atoms with van der Waals surface area (Å²) in [6.07, 6.45) is 6.91. The van der Waals surface area contributed by atoms with E-state index in [2.05, 4.69) is 40.8 Å². The van der Waals surface area contributed by atoms with Crippen LogP contribution < -0.4 is 0 Å². The van der Waals surface area contributed by atoms with Gasteiger partial charge in [0.1, 0.15) is 5.82 Å². The molecule has 1 atom stereocenters. The normalized spacial score (nSPS) is 23.3. The van der Waals surface area contributed by atoms with Gasteiger partial charge in [-0.05, 0) is 63.5 Å². The van der Waals surface area contributed by atoms with Crippen LogP contribution in [0, 0.1) is 11.7 Å². The van der Waals surface area contributed by atoms with E-state index in [1.165, 1.54) is 64.2 Å². The van der Waals surface area contributed by atoms with Gasteiger partial charge >= 0.3 is 0 Å². The molecule has 2 fully saturated rings. The first-order chi connectivity index (χ1) is 12.1. The third-order valence-corrected chi connectivity index (χ3v) is 5.97. The van der Waals surface area contributed by atoms with Gasteiger partial charge in [0.25, 0.3) is 0 Å². The molecule has 2 aliphatic heterocycles. The molecule has 0 amide bonds. The van der Waals surface area contributed by atoms with Gasteiger partial charge in [0.2, 0.25) is 0 Å². The van der Waals surface area contributed by atoms with Gasteiger partial charge in [-0.2, -0.15) is 0 Å². The number of likely N-dealkylation sites (N-methyl/N-ethyl adjacent to an activating group) is 1. The van der Waals surface area contributed by atoms with Gasteiger partial charge in [0.05, 0.1) is 0 Å². The summed E-state index contributed by atoms with van der Waals surface area (Å²) in [4.78, 5) is 7.65. The van der Waals surface area contributed by atoms with Crippen LogP contribution in [0.5, 0.6) is 0 Å². The van der Waals surface area contributed by atoms with E-state index in [1.807, 2.05) is 12.1 Å². The maximum atomic E-state index is 12.9. The highest BCUT2D eigenvalue weighted by molar-refractivity contribution is 5.48. The smallest absolute Gasteiger partial charge is 0.123 e. The first-order valence-electron chi connectivity index (χ1n) is 9.69. The molecule has 3 nitrogen and oxygen atoms in total. The molecule has 3 rings (SSSR count). The lowest BCUT2D eigenvalue weighted by molar-refractivity contribution is 0.0635. The number of piperazine rings is 1. The van der Waals surface area contributed by atoms with Gasteiger partial charge in [-0.1, -0.05) is 24.3 Å². The van der Waals surface area contributed by atoms with Crippen LogP contribution in [-0.2, 0) is 0 Å². The summed E-state index contributed by atoms with van der Waals surface area (Å²) >= 11 is 0. The van der Waals surface area contributed by atoms with Crippen LogP contribution in [0.15, 0.2) is 30.3 Å². The Kier molecular flexibility index (Phi) is 6.63. The van der Waals surface area contributed by atoms with Gasteiger partial charge in [0.15, 0.2) is 0 Å². The van der Waals surface area contributed by atoms with Crippen LogP contribution in [0.2, 0.25) is 0 Å². The molecule has 2 aliphatic rings. The van der Waals surface area contributed by atoms with Gasteiger partial charge in [-0.25, -0.2) is 4.39 Å². The van der Waals surface area contributed by atoms with E-state index in [9.17, 15) is 4.39 Å². The fourth-order valence-corrected chi connectivity index (χ4v) is 4.06. The van der Waals surface area contributed by atoms with Crippen LogP contribution in [0.4, 0.5) is 4.39 Å². The van der Waals surface area contributed by atoms with Crippen LogP contribution in [0.3, 0.4) is 0 Å². The molecule has 138 valence electrons. The third kappa shape index (κ3) is 5.37. The highest BCUT2D eigenvalue weighted by Gasteiger charge is 2.28. The molecular formula is C21H32FN3. The average Bonchev–Trinajstić information content (AvgIpc) is 2.64. The molecule has 25 heavy (non-hydrogen) atoms. The summed E-state index contributed by atoms with van der Waals surface area (Å²) < 4.78 is 12.9. The van der Waals surface area contributed by atoms with Gasteiger partial charge in [0, 0.05) is 38.8 Å². The molecule has 1 aromatic rings. The highest BCUT2D eigenvalue weighted by Crippen LogP contribution is 2.24. The predicted molar refractivity (Wildman–Crippen MR) is 103 cm³/mol. The van der Waals surface area contributed by atoms with Crippen LogP contribution in [0.1, 0.15) is 25.3 Å². The molecule has 0 bridgehead atoms. The summed E-state index contributed by atoms with van der Waals surface area (Å²) in [7, 11) is 2.22. The van der Waals surface area contributed by atoms with E-state index in [0.717, 1.165) is 18.0 Å². The lowest BCUT2D eigenvalue weighted by Gasteiger charge is -2.42. The van der Waals surface area contributed by atoms with E-state index in [-0.39, 0.29) is 5.82 Å². The summed E-state index contributed by atoms with van der Waals surface area (Å²) in [5.41, 5.74) is 1.07. The molecular weight excluding hydrogens is 313 g/mol. The zero-order chi connectivity index (χ0) is 17.6. The van der Waals surface area contributed by atoms with Gasteiger partial charge < -0.3 is 4.90 Å². The molecule has 0 saturated carbocycles. The second kappa shape index (κ2) is 8.93.